The number of hydrogen-bond acceptors (Lipinski definition) is 11. The lowest BCUT2D eigenvalue weighted by molar-refractivity contribution is -0.116. The number of aromatic nitrogens is 2. The van der Waals surface area contributed by atoms with E-state index < -0.39 is 59.8 Å². The highest BCUT2D eigenvalue weighted by Gasteiger charge is 2.54. The Morgan fingerprint density at radius 3 is 2.33 bits per heavy atom. The number of phosphoric ester groups is 1. The number of aliphatic hydroxyl groups is 2. The van der Waals surface area contributed by atoms with Crippen LogP contribution in [0.25, 0.3) is 0 Å². The van der Waals surface area contributed by atoms with Crippen LogP contribution in [0.1, 0.15) is 13.2 Å². The van der Waals surface area contributed by atoms with Crippen molar-refractivity contribution in [1.82, 2.24) is 9.55 Å². The normalized spacial score (nSPS) is 31.2. The summed E-state index contributed by atoms with van der Waals surface area (Å²) in [5.41, 5.74) is -2.74. The molecule has 0 aromatic carbocycles. The first-order valence-electron chi connectivity index (χ1n) is 7.58. The quantitative estimate of drug-likeness (QED) is 0.167. The third kappa shape index (κ3) is 6.45. The summed E-state index contributed by atoms with van der Waals surface area (Å²) in [6, 6.07) is 1.29. The van der Waals surface area contributed by atoms with Crippen LogP contribution < -0.4 is 5.69 Å². The highest BCUT2D eigenvalue weighted by Crippen LogP contribution is 2.66. The fraction of sp³-hybridized carbons (Fsp3) is 0.600. The molecule has 1 saturated heterocycles. The molecule has 172 valence electrons. The SMILES string of the molecule is C[C@]1(COP(=O)(O)OP(=O)(O)OP(=O)(O)O)O[C@@H](n2ccc(=S)[nH]c2=O)[C@@H](O)[C@H]1O. The van der Waals surface area contributed by atoms with Crippen LogP contribution in [-0.4, -0.2) is 63.8 Å². The summed E-state index contributed by atoms with van der Waals surface area (Å²) in [5.74, 6) is 0. The summed E-state index contributed by atoms with van der Waals surface area (Å²) in [5, 5.41) is 20.4. The van der Waals surface area contributed by atoms with Crippen LogP contribution >= 0.6 is 35.7 Å². The molecule has 1 fully saturated rings. The molecule has 2 rings (SSSR count). The zero-order chi connectivity index (χ0) is 23.1. The molecule has 0 amide bonds. The largest absolute Gasteiger partial charge is 0.490 e. The number of rotatable bonds is 8. The second-order valence-electron chi connectivity index (χ2n) is 6.14. The molecule has 30 heavy (non-hydrogen) atoms. The van der Waals surface area contributed by atoms with Gasteiger partial charge in [-0.2, -0.15) is 8.62 Å². The van der Waals surface area contributed by atoms with Crippen molar-refractivity contribution in [1.29, 1.82) is 0 Å². The second-order valence-corrected chi connectivity index (χ2v) is 11.0. The van der Waals surface area contributed by atoms with Crippen LogP contribution in [0.15, 0.2) is 17.1 Å². The molecule has 0 bridgehead atoms. The topological polar surface area (TPSA) is 247 Å². The van der Waals surface area contributed by atoms with Gasteiger partial charge in [0.2, 0.25) is 0 Å². The number of ether oxygens (including phenoxy) is 1. The smallest absolute Gasteiger partial charge is 0.387 e. The maximum absolute atomic E-state index is 12.0. The van der Waals surface area contributed by atoms with E-state index in [1.54, 1.807) is 0 Å². The van der Waals surface area contributed by atoms with Gasteiger partial charge < -0.3 is 34.5 Å². The zero-order valence-electron chi connectivity index (χ0n) is 14.7. The average molecular weight is 514 g/mol. The van der Waals surface area contributed by atoms with E-state index in [2.05, 4.69) is 18.1 Å². The molecule has 1 aromatic heterocycles. The maximum Gasteiger partial charge on any atom is 0.490 e. The molecule has 6 atom stereocenters. The van der Waals surface area contributed by atoms with Crippen molar-refractivity contribution in [2.75, 3.05) is 6.61 Å². The fourth-order valence-corrected chi connectivity index (χ4v) is 5.68. The van der Waals surface area contributed by atoms with E-state index in [0.29, 0.717) is 0 Å². The second kappa shape index (κ2) is 8.73. The Hall–Kier alpha value is -0.610. The van der Waals surface area contributed by atoms with Gasteiger partial charge in [-0.15, -0.1) is 0 Å². The van der Waals surface area contributed by atoms with E-state index >= 15 is 0 Å². The Morgan fingerprint density at radius 1 is 1.20 bits per heavy atom. The summed E-state index contributed by atoms with van der Waals surface area (Å²) in [7, 11) is -16.8. The molecule has 7 N–H and O–H groups in total. The molecular weight excluding hydrogens is 497 g/mol. The van der Waals surface area contributed by atoms with Crippen LogP contribution in [-0.2, 0) is 31.6 Å². The zero-order valence-corrected chi connectivity index (χ0v) is 18.2. The van der Waals surface area contributed by atoms with Gasteiger partial charge >= 0.3 is 29.2 Å². The third-order valence-corrected chi connectivity index (χ3v) is 7.71. The predicted molar refractivity (Wildman–Crippen MR) is 96.2 cm³/mol. The number of phosphoric acid groups is 3. The first kappa shape index (κ1) is 25.6. The molecule has 0 aliphatic carbocycles. The lowest BCUT2D eigenvalue weighted by Crippen LogP contribution is -2.44. The van der Waals surface area contributed by atoms with E-state index in [9.17, 15) is 33.6 Å². The van der Waals surface area contributed by atoms with Crippen LogP contribution in [0.5, 0.6) is 0 Å². The first-order chi connectivity index (χ1) is 13.4. The van der Waals surface area contributed by atoms with Gasteiger partial charge in [-0.05, 0) is 13.0 Å². The van der Waals surface area contributed by atoms with Crippen molar-refractivity contribution in [2.45, 2.75) is 31.0 Å². The van der Waals surface area contributed by atoms with Crippen LogP contribution in [0, 0.1) is 4.64 Å². The van der Waals surface area contributed by atoms with Gasteiger partial charge in [-0.25, -0.2) is 18.5 Å². The average Bonchev–Trinajstić information content (AvgIpc) is 2.75. The van der Waals surface area contributed by atoms with Crippen molar-refractivity contribution >= 4 is 35.7 Å². The summed E-state index contributed by atoms with van der Waals surface area (Å²) in [6.45, 7) is 0.0742. The minimum absolute atomic E-state index is 0.0831. The van der Waals surface area contributed by atoms with Crippen LogP contribution in [0.4, 0.5) is 0 Å². The summed E-state index contributed by atoms with van der Waals surface area (Å²) in [4.78, 5) is 49.8. The monoisotopic (exact) mass is 514 g/mol. The Bertz CT molecular complexity index is 1050. The first-order valence-corrected chi connectivity index (χ1v) is 12.5. The molecule has 0 radical (unpaired) electrons. The van der Waals surface area contributed by atoms with Gasteiger partial charge in [0.05, 0.1) is 6.61 Å². The van der Waals surface area contributed by atoms with E-state index in [1.165, 1.54) is 6.07 Å². The highest BCUT2D eigenvalue weighted by atomic mass is 32.1. The molecule has 0 saturated carbocycles. The highest BCUT2D eigenvalue weighted by molar-refractivity contribution is 7.71. The molecule has 16 nitrogen and oxygen atoms in total. The van der Waals surface area contributed by atoms with Crippen LogP contribution in [0.2, 0.25) is 0 Å². The minimum Gasteiger partial charge on any atom is -0.387 e. The van der Waals surface area contributed by atoms with Gasteiger partial charge in [0.1, 0.15) is 22.4 Å². The van der Waals surface area contributed by atoms with Gasteiger partial charge in [0.25, 0.3) is 0 Å². The van der Waals surface area contributed by atoms with Crippen molar-refractivity contribution in [3.05, 3.63) is 27.4 Å². The third-order valence-electron chi connectivity index (χ3n) is 3.69. The number of nitrogens with zero attached hydrogens (tertiary/aromatic N) is 1. The summed E-state index contributed by atoms with van der Waals surface area (Å²) >= 11 is 4.77. The number of aromatic amines is 1. The van der Waals surface area contributed by atoms with E-state index in [-0.39, 0.29) is 4.64 Å². The molecule has 2 heterocycles. The summed E-state index contributed by atoms with van der Waals surface area (Å²) < 4.78 is 51.6. The standard InChI is InChI=1S/C10H17N2O14P3S/c1-10(4-23-28(19,20)26-29(21,22)25-27(16,17)18)7(14)6(13)8(24-10)12-3-2-5(30)11-9(12)15/h2-3,6-8,13-14H,4H2,1H3,(H,19,20)(H,21,22)(H,11,15,30)(H2,16,17,18)/t6-,7+,8+,10+/m0/s1. The van der Waals surface area contributed by atoms with Crippen molar-refractivity contribution in [2.24, 2.45) is 0 Å². The molecule has 2 unspecified atom stereocenters. The minimum atomic E-state index is -5.73. The number of aliphatic hydroxyl groups excluding tert-OH is 2. The van der Waals surface area contributed by atoms with Crippen molar-refractivity contribution < 1.29 is 61.4 Å². The molecule has 1 aromatic rings. The van der Waals surface area contributed by atoms with E-state index in [4.69, 9.17) is 31.6 Å². The van der Waals surface area contributed by atoms with Crippen LogP contribution in [0.3, 0.4) is 0 Å². The fourth-order valence-electron chi connectivity index (χ4n) is 2.41. The van der Waals surface area contributed by atoms with Gasteiger partial charge in [-0.3, -0.25) is 14.1 Å². The van der Waals surface area contributed by atoms with E-state index in [0.717, 1.165) is 17.7 Å². The number of hydrogen-bond donors (Lipinski definition) is 7. The Balaban J connectivity index is 2.15. The number of nitrogens with one attached hydrogen (secondary N) is 1. The molecular formula is C10H17N2O14P3S. The lowest BCUT2D eigenvalue weighted by atomic mass is 9.99. The Labute approximate surface area is 172 Å². The van der Waals surface area contributed by atoms with Gasteiger partial charge in [0.15, 0.2) is 6.23 Å². The van der Waals surface area contributed by atoms with Gasteiger partial charge in [-0.1, -0.05) is 12.2 Å². The molecule has 0 spiro atoms. The molecule has 1 aliphatic rings. The maximum atomic E-state index is 12.0. The lowest BCUT2D eigenvalue weighted by Gasteiger charge is -2.28. The Kier molecular flexibility index (Phi) is 7.46. The Morgan fingerprint density at radius 2 is 1.80 bits per heavy atom. The van der Waals surface area contributed by atoms with Gasteiger partial charge in [0, 0.05) is 6.20 Å². The van der Waals surface area contributed by atoms with Crippen molar-refractivity contribution in [3.63, 3.8) is 0 Å². The predicted octanol–water partition coefficient (Wildman–Crippen LogP) is -0.742. The van der Waals surface area contributed by atoms with Crippen molar-refractivity contribution in [3.8, 4) is 0 Å². The molecule has 20 heteroatoms. The summed E-state index contributed by atoms with van der Waals surface area (Å²) in [6.07, 6.45) is -3.82. The molecule has 1 aliphatic heterocycles. The number of H-pyrrole nitrogens is 1. The van der Waals surface area contributed by atoms with E-state index in [1.807, 2.05) is 0 Å².